The second-order valence-electron chi connectivity index (χ2n) is 6.23. The van der Waals surface area contributed by atoms with Gasteiger partial charge in [-0.05, 0) is 38.5 Å². The molecule has 0 fully saturated rings. The van der Waals surface area contributed by atoms with Crippen LogP contribution in [0.1, 0.15) is 32.4 Å². The number of anilines is 3. The largest absolute Gasteiger partial charge is 0.489 e. The molecule has 0 aliphatic heterocycles. The molecule has 26 heavy (non-hydrogen) atoms. The summed E-state index contributed by atoms with van der Waals surface area (Å²) in [6.45, 7) is 6.05. The Morgan fingerprint density at radius 1 is 0.923 bits per heavy atom. The fourth-order valence-corrected chi connectivity index (χ4v) is 2.51. The van der Waals surface area contributed by atoms with E-state index in [0.29, 0.717) is 11.8 Å². The van der Waals surface area contributed by atoms with E-state index in [0.717, 1.165) is 17.0 Å². The molecule has 2 aromatic carbocycles. The minimum Gasteiger partial charge on any atom is -0.489 e. The van der Waals surface area contributed by atoms with E-state index in [-0.39, 0.29) is 12.1 Å². The average molecular weight is 349 g/mol. The first kappa shape index (κ1) is 17.7. The summed E-state index contributed by atoms with van der Waals surface area (Å²) in [6, 6.07) is 18.0. The molecule has 0 spiro atoms. The Morgan fingerprint density at radius 2 is 1.65 bits per heavy atom. The zero-order valence-electron chi connectivity index (χ0n) is 15.2. The van der Waals surface area contributed by atoms with Crippen molar-refractivity contribution >= 4 is 17.5 Å². The highest BCUT2D eigenvalue weighted by Crippen LogP contribution is 2.27. The van der Waals surface area contributed by atoms with E-state index in [9.17, 15) is 0 Å². The van der Waals surface area contributed by atoms with Gasteiger partial charge < -0.3 is 15.4 Å². The van der Waals surface area contributed by atoms with E-state index in [1.54, 1.807) is 6.20 Å². The van der Waals surface area contributed by atoms with Crippen molar-refractivity contribution in [2.24, 2.45) is 0 Å². The molecular weight excluding hydrogens is 326 g/mol. The molecule has 3 aromatic rings. The quantitative estimate of drug-likeness (QED) is 0.651. The summed E-state index contributed by atoms with van der Waals surface area (Å²) in [5, 5.41) is 14.6. The van der Waals surface area contributed by atoms with Gasteiger partial charge in [0.05, 0.1) is 24.0 Å². The molecule has 134 valence electrons. The van der Waals surface area contributed by atoms with Crippen LogP contribution in [0.15, 0.2) is 60.8 Å². The summed E-state index contributed by atoms with van der Waals surface area (Å²) in [6.07, 6.45) is 1.68. The minimum atomic E-state index is 0.0739. The van der Waals surface area contributed by atoms with Crippen molar-refractivity contribution in [3.8, 4) is 5.75 Å². The van der Waals surface area contributed by atoms with Crippen molar-refractivity contribution in [3.05, 3.63) is 66.4 Å². The third-order valence-electron chi connectivity index (χ3n) is 3.72. The van der Waals surface area contributed by atoms with Gasteiger partial charge in [-0.2, -0.15) is 10.1 Å². The molecule has 0 saturated heterocycles. The summed E-state index contributed by atoms with van der Waals surface area (Å²) in [4.78, 5) is 4.50. The molecule has 1 atom stereocenters. The number of nitrogens with one attached hydrogen (secondary N) is 2. The van der Waals surface area contributed by atoms with Crippen molar-refractivity contribution in [2.45, 2.75) is 32.9 Å². The molecule has 0 aliphatic carbocycles. The molecule has 0 saturated carbocycles. The second-order valence-corrected chi connectivity index (χ2v) is 6.23. The molecule has 6 nitrogen and oxygen atoms in total. The Morgan fingerprint density at radius 3 is 2.42 bits per heavy atom. The Bertz CT molecular complexity index is 838. The minimum absolute atomic E-state index is 0.0739. The molecule has 0 amide bonds. The van der Waals surface area contributed by atoms with Crippen molar-refractivity contribution < 1.29 is 4.74 Å². The zero-order chi connectivity index (χ0) is 18.4. The van der Waals surface area contributed by atoms with Gasteiger partial charge in [0, 0.05) is 0 Å². The normalized spacial score (nSPS) is 11.8. The predicted octanol–water partition coefficient (Wildman–Crippen LogP) is 4.58. The van der Waals surface area contributed by atoms with Gasteiger partial charge in [-0.15, -0.1) is 5.10 Å². The van der Waals surface area contributed by atoms with Crippen molar-refractivity contribution in [3.63, 3.8) is 0 Å². The molecule has 0 aliphatic rings. The number of hydrogen-bond donors (Lipinski definition) is 2. The number of rotatable bonds is 7. The summed E-state index contributed by atoms with van der Waals surface area (Å²) in [5.74, 6) is 1.84. The van der Waals surface area contributed by atoms with E-state index in [1.807, 2.05) is 56.3 Å². The molecule has 2 N–H and O–H groups in total. The van der Waals surface area contributed by atoms with Crippen LogP contribution in [0, 0.1) is 0 Å². The first-order chi connectivity index (χ1) is 12.6. The van der Waals surface area contributed by atoms with Crippen molar-refractivity contribution in [2.75, 3.05) is 10.6 Å². The highest BCUT2D eigenvalue weighted by molar-refractivity contribution is 5.64. The molecule has 3 rings (SSSR count). The van der Waals surface area contributed by atoms with Crippen molar-refractivity contribution in [1.82, 2.24) is 15.2 Å². The summed E-state index contributed by atoms with van der Waals surface area (Å²) >= 11 is 0. The first-order valence-electron chi connectivity index (χ1n) is 8.65. The number of aromatic nitrogens is 3. The van der Waals surface area contributed by atoms with Crippen molar-refractivity contribution in [1.29, 1.82) is 0 Å². The number of nitrogens with zero attached hydrogens (tertiary/aromatic N) is 3. The van der Waals surface area contributed by atoms with E-state index in [2.05, 4.69) is 44.9 Å². The standard InChI is InChI=1S/C20H23N5O/c1-14(2)26-18-12-8-7-11-17(18)23-19-13-21-25-20(24-19)22-15(3)16-9-5-4-6-10-16/h4-15H,1-3H3,(H2,22,23,24,25). The van der Waals surface area contributed by atoms with Gasteiger partial charge in [0.1, 0.15) is 5.75 Å². The van der Waals surface area contributed by atoms with Crippen LogP contribution in [0.3, 0.4) is 0 Å². The van der Waals surface area contributed by atoms with E-state index in [1.165, 1.54) is 0 Å². The molecule has 1 aromatic heterocycles. The smallest absolute Gasteiger partial charge is 0.245 e. The average Bonchev–Trinajstić information content (AvgIpc) is 2.64. The van der Waals surface area contributed by atoms with Crippen LogP contribution in [0.5, 0.6) is 5.75 Å². The number of ether oxygens (including phenoxy) is 1. The molecule has 1 heterocycles. The SMILES string of the molecule is CC(C)Oc1ccccc1Nc1cnnc(NC(C)c2ccccc2)n1. The Hall–Kier alpha value is -3.15. The third kappa shape index (κ3) is 4.69. The van der Waals surface area contributed by atoms with Gasteiger partial charge in [-0.25, -0.2) is 0 Å². The van der Waals surface area contributed by atoms with Gasteiger partial charge >= 0.3 is 0 Å². The lowest BCUT2D eigenvalue weighted by Gasteiger charge is -2.16. The van der Waals surface area contributed by atoms with E-state index >= 15 is 0 Å². The molecular formula is C20H23N5O. The van der Waals surface area contributed by atoms with Gasteiger partial charge in [-0.1, -0.05) is 42.5 Å². The Kier molecular flexibility index (Phi) is 5.63. The molecule has 6 heteroatoms. The fraction of sp³-hybridized carbons (Fsp3) is 0.250. The maximum absolute atomic E-state index is 5.83. The summed E-state index contributed by atoms with van der Waals surface area (Å²) in [7, 11) is 0. The van der Waals surface area contributed by atoms with E-state index < -0.39 is 0 Å². The van der Waals surface area contributed by atoms with Crippen LogP contribution >= 0.6 is 0 Å². The van der Waals surface area contributed by atoms with Gasteiger partial charge in [0.2, 0.25) is 5.95 Å². The van der Waals surface area contributed by atoms with Gasteiger partial charge in [-0.3, -0.25) is 0 Å². The number of benzene rings is 2. The highest BCUT2D eigenvalue weighted by Gasteiger charge is 2.10. The third-order valence-corrected chi connectivity index (χ3v) is 3.72. The maximum atomic E-state index is 5.83. The lowest BCUT2D eigenvalue weighted by Crippen LogP contribution is -2.11. The van der Waals surface area contributed by atoms with Crippen LogP contribution in [0.2, 0.25) is 0 Å². The predicted molar refractivity (Wildman–Crippen MR) is 104 cm³/mol. The summed E-state index contributed by atoms with van der Waals surface area (Å²) in [5.41, 5.74) is 1.99. The van der Waals surface area contributed by atoms with Crippen LogP contribution in [0.25, 0.3) is 0 Å². The lowest BCUT2D eigenvalue weighted by molar-refractivity contribution is 0.244. The van der Waals surface area contributed by atoms with Gasteiger partial charge in [0.15, 0.2) is 5.82 Å². The summed E-state index contributed by atoms with van der Waals surface area (Å²) < 4.78 is 5.83. The fourth-order valence-electron chi connectivity index (χ4n) is 2.51. The lowest BCUT2D eigenvalue weighted by atomic mass is 10.1. The monoisotopic (exact) mass is 349 g/mol. The first-order valence-corrected chi connectivity index (χ1v) is 8.65. The molecule has 0 bridgehead atoms. The number of para-hydroxylation sites is 2. The highest BCUT2D eigenvalue weighted by atomic mass is 16.5. The molecule has 0 radical (unpaired) electrons. The van der Waals surface area contributed by atoms with Gasteiger partial charge in [0.25, 0.3) is 0 Å². The zero-order valence-corrected chi connectivity index (χ0v) is 15.2. The van der Waals surface area contributed by atoms with Crippen LogP contribution in [-0.4, -0.2) is 21.3 Å². The molecule has 1 unspecified atom stereocenters. The van der Waals surface area contributed by atoms with Crippen LogP contribution in [0.4, 0.5) is 17.5 Å². The van der Waals surface area contributed by atoms with E-state index in [4.69, 9.17) is 4.74 Å². The Labute approximate surface area is 153 Å². The maximum Gasteiger partial charge on any atom is 0.245 e. The topological polar surface area (TPSA) is 72.0 Å². The second kappa shape index (κ2) is 8.29. The number of hydrogen-bond acceptors (Lipinski definition) is 6. The van der Waals surface area contributed by atoms with Crippen LogP contribution < -0.4 is 15.4 Å². The Balaban J connectivity index is 1.74. The van der Waals surface area contributed by atoms with Crippen LogP contribution in [-0.2, 0) is 0 Å².